The summed E-state index contributed by atoms with van der Waals surface area (Å²) in [5, 5.41) is 14.8. The molecule has 1 saturated carbocycles. The Morgan fingerprint density at radius 3 is 2.59 bits per heavy atom. The molecule has 1 saturated heterocycles. The van der Waals surface area contributed by atoms with Gasteiger partial charge in [0, 0.05) is 36.9 Å². The maximum Gasteiger partial charge on any atom is 0.410 e. The molecule has 3 aromatic rings. The van der Waals surface area contributed by atoms with E-state index in [1.807, 2.05) is 37.9 Å². The minimum Gasteiger partial charge on any atom is -0.477 e. The summed E-state index contributed by atoms with van der Waals surface area (Å²) in [4.78, 5) is 38.3. The highest BCUT2D eigenvalue weighted by molar-refractivity contribution is 7.17. The van der Waals surface area contributed by atoms with Crippen LogP contribution in [0.5, 0.6) is 0 Å². The van der Waals surface area contributed by atoms with Crippen LogP contribution in [0.3, 0.4) is 0 Å². The predicted molar refractivity (Wildman–Crippen MR) is 130 cm³/mol. The van der Waals surface area contributed by atoms with E-state index >= 15 is 0 Å². The second kappa shape index (κ2) is 8.26. The number of amides is 1. The Morgan fingerprint density at radius 2 is 1.97 bits per heavy atom. The standard InChI is InChI=1S/C24H29N5O4S/c1-12-19(22(30)31)34-21(27-12)17-9-26-20-16(5-6-25-20)18(17)28-15-7-13-10-29(11-14(13)8-15)23(32)33-24(2,3)4/h5-6,9,13-15H,7-8,10-11H2,1-4H3,(H,30,31)(H2,25,26,28)/t13-,14+,15?. The van der Waals surface area contributed by atoms with Crippen LogP contribution < -0.4 is 5.32 Å². The largest absolute Gasteiger partial charge is 0.477 e. The van der Waals surface area contributed by atoms with E-state index in [0.717, 1.165) is 35.1 Å². The maximum atomic E-state index is 12.5. The van der Waals surface area contributed by atoms with Gasteiger partial charge in [0.25, 0.3) is 0 Å². The van der Waals surface area contributed by atoms with E-state index in [4.69, 9.17) is 4.74 Å². The summed E-state index contributed by atoms with van der Waals surface area (Å²) >= 11 is 1.17. The number of ether oxygens (including phenoxy) is 1. The lowest BCUT2D eigenvalue weighted by molar-refractivity contribution is 0.0279. The number of carbonyl (C=O) groups is 2. The number of H-pyrrole nitrogens is 1. The molecule has 10 heteroatoms. The molecule has 1 aliphatic heterocycles. The number of aromatic amines is 1. The lowest BCUT2D eigenvalue weighted by atomic mass is 10.0. The average molecular weight is 484 g/mol. The fourth-order valence-electron chi connectivity index (χ4n) is 5.13. The van der Waals surface area contributed by atoms with Crippen LogP contribution in [0.4, 0.5) is 10.5 Å². The van der Waals surface area contributed by atoms with Crippen LogP contribution >= 0.6 is 11.3 Å². The average Bonchev–Trinajstić information content (AvgIpc) is 3.48. The van der Waals surface area contributed by atoms with Crippen molar-refractivity contribution in [2.45, 2.75) is 52.2 Å². The Hall–Kier alpha value is -3.14. The fourth-order valence-corrected chi connectivity index (χ4v) is 6.05. The number of carboxylic acid groups (broad SMARTS) is 1. The summed E-state index contributed by atoms with van der Waals surface area (Å²) in [5.74, 6) is -0.111. The molecule has 1 unspecified atom stereocenters. The summed E-state index contributed by atoms with van der Waals surface area (Å²) in [5.41, 5.74) is 2.51. The second-order valence-electron chi connectivity index (χ2n) is 10.2. The van der Waals surface area contributed by atoms with E-state index in [2.05, 4.69) is 20.3 Å². The number of anilines is 1. The van der Waals surface area contributed by atoms with Gasteiger partial charge in [0.1, 0.15) is 21.1 Å². The van der Waals surface area contributed by atoms with Crippen molar-refractivity contribution >= 4 is 40.1 Å². The minimum absolute atomic E-state index is 0.231. The van der Waals surface area contributed by atoms with Gasteiger partial charge < -0.3 is 25.0 Å². The quantitative estimate of drug-likeness (QED) is 0.490. The second-order valence-corrected chi connectivity index (χ2v) is 11.2. The highest BCUT2D eigenvalue weighted by Gasteiger charge is 2.43. The lowest BCUT2D eigenvalue weighted by Gasteiger charge is -2.25. The molecule has 1 amide bonds. The van der Waals surface area contributed by atoms with Crippen molar-refractivity contribution in [3.63, 3.8) is 0 Å². The lowest BCUT2D eigenvalue weighted by Crippen LogP contribution is -2.36. The van der Waals surface area contributed by atoms with E-state index in [1.165, 1.54) is 11.3 Å². The minimum atomic E-state index is -0.968. The first-order chi connectivity index (χ1) is 16.1. The number of aryl methyl sites for hydroxylation is 1. The number of carbonyl (C=O) groups excluding carboxylic acids is 1. The van der Waals surface area contributed by atoms with Gasteiger partial charge in [-0.15, -0.1) is 11.3 Å². The van der Waals surface area contributed by atoms with Gasteiger partial charge in [-0.25, -0.2) is 19.6 Å². The number of aromatic nitrogens is 3. The zero-order valence-electron chi connectivity index (χ0n) is 19.7. The zero-order chi connectivity index (χ0) is 24.2. The molecule has 9 nitrogen and oxygen atoms in total. The first kappa shape index (κ1) is 22.6. The molecule has 3 atom stereocenters. The van der Waals surface area contributed by atoms with Crippen molar-refractivity contribution < 1.29 is 19.4 Å². The molecule has 0 spiro atoms. The number of pyridine rings is 1. The number of hydrogen-bond acceptors (Lipinski definition) is 7. The summed E-state index contributed by atoms with van der Waals surface area (Å²) in [6.07, 6.45) is 5.28. The van der Waals surface area contributed by atoms with E-state index in [1.54, 1.807) is 13.1 Å². The molecule has 3 aromatic heterocycles. The number of hydrogen-bond donors (Lipinski definition) is 3. The summed E-state index contributed by atoms with van der Waals surface area (Å²) in [6.45, 7) is 8.81. The van der Waals surface area contributed by atoms with Crippen LogP contribution in [0.25, 0.3) is 21.6 Å². The van der Waals surface area contributed by atoms with Crippen LogP contribution in [0.15, 0.2) is 18.5 Å². The predicted octanol–water partition coefficient (Wildman–Crippen LogP) is 4.75. The fraction of sp³-hybridized carbons (Fsp3) is 0.500. The van der Waals surface area contributed by atoms with Gasteiger partial charge in [-0.05, 0) is 58.4 Å². The van der Waals surface area contributed by atoms with Crippen LogP contribution in [0.2, 0.25) is 0 Å². The number of aromatic carboxylic acids is 1. The van der Waals surface area contributed by atoms with E-state index in [0.29, 0.717) is 35.6 Å². The molecular formula is C24H29N5O4S. The Labute approximate surface area is 201 Å². The van der Waals surface area contributed by atoms with Gasteiger partial charge in [0.15, 0.2) is 0 Å². The molecule has 1 aliphatic carbocycles. The highest BCUT2D eigenvalue weighted by atomic mass is 32.1. The number of thiazole rings is 1. The summed E-state index contributed by atoms with van der Waals surface area (Å²) in [7, 11) is 0. The smallest absolute Gasteiger partial charge is 0.410 e. The van der Waals surface area contributed by atoms with Crippen molar-refractivity contribution in [2.75, 3.05) is 18.4 Å². The van der Waals surface area contributed by atoms with Gasteiger partial charge in [-0.3, -0.25) is 0 Å². The third-order valence-electron chi connectivity index (χ3n) is 6.56. The molecule has 3 N–H and O–H groups in total. The topological polar surface area (TPSA) is 120 Å². The number of fused-ring (bicyclic) bond motifs is 2. The van der Waals surface area contributed by atoms with Crippen molar-refractivity contribution in [3.8, 4) is 10.6 Å². The SMILES string of the molecule is Cc1nc(-c2cnc3[nH]ccc3c2NC2C[C@@H]3CN(C(=O)OC(C)(C)C)C[C@@H]3C2)sc1C(=O)O. The van der Waals surface area contributed by atoms with Gasteiger partial charge in [0.2, 0.25) is 0 Å². The molecule has 2 fully saturated rings. The van der Waals surface area contributed by atoms with E-state index in [9.17, 15) is 14.7 Å². The van der Waals surface area contributed by atoms with Gasteiger partial charge in [0.05, 0.1) is 16.9 Å². The van der Waals surface area contributed by atoms with E-state index < -0.39 is 11.6 Å². The van der Waals surface area contributed by atoms with Gasteiger partial charge in [-0.1, -0.05) is 0 Å². The Balaban J connectivity index is 1.36. The monoisotopic (exact) mass is 483 g/mol. The van der Waals surface area contributed by atoms with E-state index in [-0.39, 0.29) is 17.0 Å². The highest BCUT2D eigenvalue weighted by Crippen LogP contribution is 2.43. The molecule has 4 heterocycles. The van der Waals surface area contributed by atoms with Crippen molar-refractivity contribution in [2.24, 2.45) is 11.8 Å². The van der Waals surface area contributed by atoms with Crippen molar-refractivity contribution in [3.05, 3.63) is 29.0 Å². The number of carboxylic acids is 1. The Morgan fingerprint density at radius 1 is 1.26 bits per heavy atom. The third kappa shape index (κ3) is 4.22. The first-order valence-corrected chi connectivity index (χ1v) is 12.3. The maximum absolute atomic E-state index is 12.5. The van der Waals surface area contributed by atoms with Crippen LogP contribution in [0, 0.1) is 18.8 Å². The first-order valence-electron chi connectivity index (χ1n) is 11.5. The van der Waals surface area contributed by atoms with Crippen LogP contribution in [-0.2, 0) is 4.74 Å². The normalized spacial score (nSPS) is 22.2. The molecule has 0 bridgehead atoms. The van der Waals surface area contributed by atoms with Crippen molar-refractivity contribution in [1.82, 2.24) is 19.9 Å². The van der Waals surface area contributed by atoms with Crippen LogP contribution in [0.1, 0.15) is 49.0 Å². The van der Waals surface area contributed by atoms with Gasteiger partial charge >= 0.3 is 12.1 Å². The molecule has 0 radical (unpaired) electrons. The molecule has 0 aromatic carbocycles. The molecule has 34 heavy (non-hydrogen) atoms. The van der Waals surface area contributed by atoms with Crippen molar-refractivity contribution in [1.29, 1.82) is 0 Å². The number of nitrogens with one attached hydrogen (secondary N) is 2. The third-order valence-corrected chi connectivity index (χ3v) is 7.74. The van der Waals surface area contributed by atoms with Crippen LogP contribution in [-0.4, -0.2) is 61.8 Å². The summed E-state index contributed by atoms with van der Waals surface area (Å²) < 4.78 is 5.56. The number of likely N-dealkylation sites (tertiary alicyclic amines) is 1. The number of nitrogens with zero attached hydrogens (tertiary/aromatic N) is 3. The molecule has 180 valence electrons. The molecular weight excluding hydrogens is 454 g/mol. The number of rotatable bonds is 4. The summed E-state index contributed by atoms with van der Waals surface area (Å²) in [6, 6.07) is 2.22. The Kier molecular flexibility index (Phi) is 5.50. The Bertz CT molecular complexity index is 1250. The zero-order valence-corrected chi connectivity index (χ0v) is 20.5. The molecule has 5 rings (SSSR count). The molecule has 2 aliphatic rings. The van der Waals surface area contributed by atoms with Gasteiger partial charge in [-0.2, -0.15) is 0 Å².